The Balaban J connectivity index is 1.48. The fourth-order valence-electron chi connectivity index (χ4n) is 13.6. The Morgan fingerprint density at radius 3 is 1.73 bits per heavy atom. The van der Waals surface area contributed by atoms with E-state index in [1.165, 1.54) is 0 Å². The van der Waals surface area contributed by atoms with Crippen LogP contribution in [0.3, 0.4) is 0 Å². The standard InChI is InChI=1S/C76H139IO15SSi5/c1-50-44-54(37-39-59-51(2)45-53(84-59)34-33-43-78)85-62(52(50)3)48-63-65(66(82-19)64(87-63)47-56(89-95(22,23)73(7,8)9)49-83-94(20,21)72(4,5)6)71(93(80,81)57-35-31-30-32-36-57)58(79)46-55-38-40-60-67(86-55)69(91-97(26,27)75(13,14)15)70(92-98(28,29)76(16,17)18)68(88-60)61(41-42-77)90-96(24,25)74(10,11)12/h30-32,35-36,41-42,50,53-56,58-71,78-79H,2-3,33-34,37-40,43-49H2,1,4-29H3/b42-41+/t50-,53+,54+,55?,56+,58?,59?,60+,61+,62?,63+,64-,65+,66+,67?,68+,69+,70-,71?/m1/s1. The third kappa shape index (κ3) is 21.1. The van der Waals surface area contributed by atoms with E-state index in [2.05, 4.69) is 211 Å². The first-order valence-electron chi connectivity index (χ1n) is 37.1. The molecule has 0 radical (unpaired) electrons. The summed E-state index contributed by atoms with van der Waals surface area (Å²) in [6.07, 6.45) is -0.549. The molecule has 22 heteroatoms. The van der Waals surface area contributed by atoms with Crippen LogP contribution in [0.1, 0.15) is 181 Å². The third-order valence-electron chi connectivity index (χ3n) is 25.0. The van der Waals surface area contributed by atoms with Gasteiger partial charge in [0, 0.05) is 38.9 Å². The van der Waals surface area contributed by atoms with Crippen LogP contribution in [0.5, 0.6) is 0 Å². The van der Waals surface area contributed by atoms with Gasteiger partial charge in [-0.25, -0.2) is 8.42 Å². The van der Waals surface area contributed by atoms with Gasteiger partial charge >= 0.3 is 0 Å². The summed E-state index contributed by atoms with van der Waals surface area (Å²) >= 11 is 2.30. The number of hydrogen-bond acceptors (Lipinski definition) is 15. The summed E-state index contributed by atoms with van der Waals surface area (Å²) in [6, 6.07) is 8.57. The van der Waals surface area contributed by atoms with Crippen molar-refractivity contribution < 1.29 is 69.2 Å². The minimum absolute atomic E-state index is 0.0124. The van der Waals surface area contributed by atoms with Gasteiger partial charge in [-0.2, -0.15) is 0 Å². The van der Waals surface area contributed by atoms with Gasteiger partial charge in [0.2, 0.25) is 0 Å². The Hall–Kier alpha value is -0.316. The second-order valence-electron chi connectivity index (χ2n) is 37.5. The number of ether oxygens (including phenoxy) is 6. The van der Waals surface area contributed by atoms with Crippen LogP contribution in [0.25, 0.3) is 0 Å². The highest BCUT2D eigenvalue weighted by Crippen LogP contribution is 2.51. The van der Waals surface area contributed by atoms with Crippen LogP contribution in [-0.4, -0.2) is 183 Å². The van der Waals surface area contributed by atoms with Crippen molar-refractivity contribution in [2.45, 2.75) is 380 Å². The molecule has 0 aromatic heterocycles. The van der Waals surface area contributed by atoms with Gasteiger partial charge in [-0.1, -0.05) is 165 Å². The Bertz CT molecular complexity index is 2880. The molecule has 5 saturated heterocycles. The van der Waals surface area contributed by atoms with E-state index in [-0.39, 0.29) is 73.8 Å². The van der Waals surface area contributed by atoms with Gasteiger partial charge in [-0.3, -0.25) is 0 Å². The minimum atomic E-state index is -4.42. The highest BCUT2D eigenvalue weighted by molar-refractivity contribution is 14.1. The summed E-state index contributed by atoms with van der Waals surface area (Å²) in [5, 5.41) is 21.2. The molecule has 6 unspecified atom stereocenters. The predicted molar refractivity (Wildman–Crippen MR) is 421 cm³/mol. The highest BCUT2D eigenvalue weighted by Gasteiger charge is 2.61. The zero-order valence-electron chi connectivity index (χ0n) is 66.1. The molecular weight excluding hydrogens is 1450 g/mol. The summed E-state index contributed by atoms with van der Waals surface area (Å²) in [4.78, 5) is 0.101. The quantitative estimate of drug-likeness (QED) is 0.0422. The SMILES string of the molecule is C=C1C[C@H](CCCO)OC1CC[C@H]1C[C@@H](C)C(=C)C(C[C@@H]2O[C@H](C[C@@H](CO[Si](C)(C)C(C)(C)C)O[Si](C)(C)C(C)(C)C)[C@H](OC)[C@H]2C(C(O)CC2CC[C@@H]3O[C@@H]([C@H](/C=C/I)O[Si](C)(C)C(C)(C)C)[C@@H](O[Si](C)(C)C(C)(C)C)[C@@H](O[Si](C)(C)C(C)(C)C)C3O2)S(=O)(=O)c2ccccc2)O1. The molecule has 0 bridgehead atoms. The number of fused-ring (bicyclic) bond motifs is 1. The van der Waals surface area contributed by atoms with Crippen LogP contribution in [0.2, 0.25) is 90.7 Å². The first kappa shape index (κ1) is 86.6. The number of methoxy groups -OCH3 is 1. The van der Waals surface area contributed by atoms with Crippen LogP contribution in [0.4, 0.5) is 0 Å². The number of benzene rings is 1. The molecule has 0 saturated carbocycles. The molecule has 19 atom stereocenters. The molecule has 98 heavy (non-hydrogen) atoms. The molecule has 15 nitrogen and oxygen atoms in total. The van der Waals surface area contributed by atoms with E-state index < -0.39 is 142 Å². The zero-order valence-corrected chi connectivity index (χ0v) is 74.1. The van der Waals surface area contributed by atoms with E-state index in [0.29, 0.717) is 32.3 Å². The summed E-state index contributed by atoms with van der Waals surface area (Å²) in [7, 11) is -15.2. The van der Waals surface area contributed by atoms with Gasteiger partial charge in [0.1, 0.15) is 24.4 Å². The topological polar surface area (TPSA) is 176 Å². The molecule has 0 amide bonds. The highest BCUT2D eigenvalue weighted by atomic mass is 127. The summed E-state index contributed by atoms with van der Waals surface area (Å²) < 4.78 is 115. The third-order valence-corrected chi connectivity index (χ3v) is 50.1. The lowest BCUT2D eigenvalue weighted by Crippen LogP contribution is -2.69. The zero-order chi connectivity index (χ0) is 74.1. The maximum atomic E-state index is 16.3. The van der Waals surface area contributed by atoms with Gasteiger partial charge in [0.05, 0.1) is 90.0 Å². The average Bonchev–Trinajstić information content (AvgIpc) is 1.19. The number of hydrogen-bond donors (Lipinski definition) is 2. The molecule has 6 rings (SSSR count). The number of rotatable bonds is 30. The molecule has 5 fully saturated rings. The molecule has 566 valence electrons. The van der Waals surface area contributed by atoms with Crippen LogP contribution in [0, 0.1) is 11.8 Å². The van der Waals surface area contributed by atoms with Crippen molar-refractivity contribution >= 4 is 74.0 Å². The number of aliphatic hydroxyl groups excluding tert-OH is 2. The van der Waals surface area contributed by atoms with Gasteiger partial charge in [-0.05, 0) is 181 Å². The van der Waals surface area contributed by atoms with E-state index >= 15 is 8.42 Å². The van der Waals surface area contributed by atoms with Gasteiger partial charge in [-0.15, -0.1) is 0 Å². The number of aliphatic hydroxyl groups is 2. The molecule has 5 aliphatic heterocycles. The summed E-state index contributed by atoms with van der Waals surface area (Å²) in [6.45, 7) is 68.3. The van der Waals surface area contributed by atoms with Gasteiger partial charge < -0.3 is 60.8 Å². The van der Waals surface area contributed by atoms with E-state index in [4.69, 9.17) is 57.1 Å². The minimum Gasteiger partial charge on any atom is -0.414 e. The van der Waals surface area contributed by atoms with Crippen molar-refractivity contribution in [3.63, 3.8) is 0 Å². The van der Waals surface area contributed by atoms with E-state index in [9.17, 15) is 10.2 Å². The molecule has 5 heterocycles. The molecule has 0 aliphatic carbocycles. The molecule has 0 spiro atoms. The first-order chi connectivity index (χ1) is 44.7. The lowest BCUT2D eigenvalue weighted by atomic mass is 9.80. The van der Waals surface area contributed by atoms with E-state index in [1.54, 1.807) is 31.4 Å². The van der Waals surface area contributed by atoms with Crippen molar-refractivity contribution in [3.8, 4) is 0 Å². The van der Waals surface area contributed by atoms with Crippen molar-refractivity contribution in [1.82, 2.24) is 0 Å². The maximum absolute atomic E-state index is 16.3. The van der Waals surface area contributed by atoms with Crippen molar-refractivity contribution in [1.29, 1.82) is 0 Å². The van der Waals surface area contributed by atoms with Gasteiger partial charge in [0.15, 0.2) is 51.4 Å². The van der Waals surface area contributed by atoms with Crippen molar-refractivity contribution in [2.75, 3.05) is 20.3 Å². The van der Waals surface area contributed by atoms with E-state index in [0.717, 1.165) is 43.3 Å². The second-order valence-corrected chi connectivity index (χ2v) is 64.1. The maximum Gasteiger partial charge on any atom is 0.193 e. The van der Waals surface area contributed by atoms with Crippen molar-refractivity contribution in [2.24, 2.45) is 11.8 Å². The van der Waals surface area contributed by atoms with Gasteiger partial charge in [0.25, 0.3) is 0 Å². The summed E-state index contributed by atoms with van der Waals surface area (Å²) in [5.74, 6) is -0.836. The molecule has 2 N–H and O–H groups in total. The summed E-state index contributed by atoms with van der Waals surface area (Å²) in [5.41, 5.74) is 2.00. The predicted octanol–water partition coefficient (Wildman–Crippen LogP) is 18.2. The Morgan fingerprint density at radius 2 is 1.19 bits per heavy atom. The fraction of sp³-hybridized carbons (Fsp3) is 0.842. The molecule has 1 aromatic carbocycles. The normalized spacial score (nSPS) is 30.8. The second kappa shape index (κ2) is 33.4. The lowest BCUT2D eigenvalue weighted by molar-refractivity contribution is -0.268. The first-order valence-corrected chi connectivity index (χ1v) is 54.4. The molecule has 1 aromatic rings. The average molecular weight is 1590 g/mol. The van der Waals surface area contributed by atoms with Crippen LogP contribution in [0.15, 0.2) is 69.7 Å². The monoisotopic (exact) mass is 1590 g/mol. The smallest absolute Gasteiger partial charge is 0.193 e. The largest absolute Gasteiger partial charge is 0.414 e. The van der Waals surface area contributed by atoms with E-state index in [1.807, 2.05) is 10.1 Å². The molecule has 5 aliphatic rings. The van der Waals surface area contributed by atoms with Crippen LogP contribution >= 0.6 is 22.6 Å². The van der Waals surface area contributed by atoms with Crippen LogP contribution < -0.4 is 0 Å². The molecular formula is C76H139IO15SSi5. The number of sulfone groups is 1. The fourth-order valence-corrected chi connectivity index (χ4v) is 22.4. The van der Waals surface area contributed by atoms with Crippen LogP contribution in [-0.2, 0) is 60.4 Å². The number of halogens is 1. The Morgan fingerprint density at radius 1 is 0.643 bits per heavy atom. The Kier molecular flexibility index (Phi) is 29.6. The Labute approximate surface area is 615 Å². The lowest BCUT2D eigenvalue weighted by Gasteiger charge is -2.56. The van der Waals surface area contributed by atoms with Crippen molar-refractivity contribution in [3.05, 3.63) is 64.8 Å².